The molecule has 1 unspecified atom stereocenters. The van der Waals surface area contributed by atoms with Gasteiger partial charge < -0.3 is 4.74 Å². The van der Waals surface area contributed by atoms with E-state index in [4.69, 9.17) is 4.74 Å². The van der Waals surface area contributed by atoms with Gasteiger partial charge in [0.25, 0.3) is 0 Å². The van der Waals surface area contributed by atoms with Crippen molar-refractivity contribution < 1.29 is 9.53 Å². The van der Waals surface area contributed by atoms with E-state index in [1.54, 1.807) is 6.92 Å². The van der Waals surface area contributed by atoms with Crippen molar-refractivity contribution in [2.75, 3.05) is 6.61 Å². The molecule has 0 aliphatic rings. The van der Waals surface area contributed by atoms with Crippen LogP contribution in [0.2, 0.25) is 0 Å². The maximum absolute atomic E-state index is 11.1. The van der Waals surface area contributed by atoms with Crippen LogP contribution in [0.3, 0.4) is 0 Å². The fourth-order valence-electron chi connectivity index (χ4n) is 1.13. The fraction of sp³-hybridized carbons (Fsp3) is 0.417. The van der Waals surface area contributed by atoms with Crippen molar-refractivity contribution in [1.29, 1.82) is 0 Å². The summed E-state index contributed by atoms with van der Waals surface area (Å²) in [6.07, 6.45) is 6.75. The molecule has 0 amide bonds. The van der Waals surface area contributed by atoms with E-state index in [0.29, 0.717) is 6.61 Å². The van der Waals surface area contributed by atoms with Crippen LogP contribution in [0.15, 0.2) is 35.9 Å². The average molecular weight is 273 g/mol. The number of esters is 1. The fourth-order valence-corrected chi connectivity index (χ4v) is 1.55. The van der Waals surface area contributed by atoms with Crippen LogP contribution in [0.25, 0.3) is 0 Å². The Morgan fingerprint density at radius 3 is 2.73 bits per heavy atom. The van der Waals surface area contributed by atoms with Crippen molar-refractivity contribution in [3.05, 3.63) is 35.9 Å². The van der Waals surface area contributed by atoms with Gasteiger partial charge in [-0.1, -0.05) is 34.7 Å². The van der Waals surface area contributed by atoms with Crippen molar-refractivity contribution in [2.24, 2.45) is 5.92 Å². The Balaban J connectivity index is 4.19. The number of hydrogen-bond donors (Lipinski definition) is 0. The molecule has 0 radical (unpaired) electrons. The van der Waals surface area contributed by atoms with E-state index in [1.807, 2.05) is 12.2 Å². The molecule has 0 aromatic carbocycles. The van der Waals surface area contributed by atoms with Gasteiger partial charge in [0.1, 0.15) is 0 Å². The summed E-state index contributed by atoms with van der Waals surface area (Å²) in [6.45, 7) is 9.64. The van der Waals surface area contributed by atoms with Gasteiger partial charge in [-0.2, -0.15) is 0 Å². The number of allylic oxidation sites excluding steroid dienone is 3. The van der Waals surface area contributed by atoms with Crippen LogP contribution in [0.1, 0.15) is 19.8 Å². The lowest BCUT2D eigenvalue weighted by molar-refractivity contribution is -0.137. The topological polar surface area (TPSA) is 26.3 Å². The normalized spacial score (nSPS) is 12.4. The molecule has 0 aromatic rings. The van der Waals surface area contributed by atoms with Gasteiger partial charge in [-0.15, -0.1) is 6.58 Å². The molecule has 0 aliphatic heterocycles. The molecule has 0 bridgehead atoms. The Bertz CT molecular complexity index is 256. The van der Waals surface area contributed by atoms with E-state index in [9.17, 15) is 4.79 Å². The van der Waals surface area contributed by atoms with E-state index in [0.717, 1.165) is 17.3 Å². The highest BCUT2D eigenvalue weighted by Gasteiger charge is 2.04. The van der Waals surface area contributed by atoms with Gasteiger partial charge in [0, 0.05) is 6.08 Å². The zero-order chi connectivity index (χ0) is 11.7. The molecule has 3 heteroatoms. The predicted molar refractivity (Wildman–Crippen MR) is 66.8 cm³/mol. The molecule has 84 valence electrons. The van der Waals surface area contributed by atoms with Crippen LogP contribution < -0.4 is 0 Å². The summed E-state index contributed by atoms with van der Waals surface area (Å²) in [5.41, 5.74) is 0. The van der Waals surface area contributed by atoms with E-state index >= 15 is 0 Å². The number of carbonyl (C=O) groups is 1. The quantitative estimate of drug-likeness (QED) is 0.402. The molecule has 0 spiro atoms. The van der Waals surface area contributed by atoms with Gasteiger partial charge in [-0.05, 0) is 30.2 Å². The lowest BCUT2D eigenvalue weighted by Crippen LogP contribution is -2.01. The van der Waals surface area contributed by atoms with Crippen molar-refractivity contribution in [1.82, 2.24) is 0 Å². The summed E-state index contributed by atoms with van der Waals surface area (Å²) < 4.78 is 5.71. The number of halogens is 1. The van der Waals surface area contributed by atoms with Gasteiger partial charge in [0.2, 0.25) is 0 Å². The lowest BCUT2D eigenvalue weighted by atomic mass is 10.0. The van der Waals surface area contributed by atoms with Crippen molar-refractivity contribution in [3.63, 3.8) is 0 Å². The van der Waals surface area contributed by atoms with Gasteiger partial charge in [-0.3, -0.25) is 0 Å². The molecule has 0 saturated heterocycles. The van der Waals surface area contributed by atoms with E-state index in [2.05, 4.69) is 29.1 Å². The molecule has 2 nitrogen and oxygen atoms in total. The Hall–Kier alpha value is -0.830. The molecule has 0 saturated carbocycles. The SMILES string of the molecule is C=CCC(/C=C/C(=O)OCC)CC(=C)Br. The first kappa shape index (κ1) is 14.2. The molecule has 0 N–H and O–H groups in total. The number of ether oxygens (including phenoxy) is 1. The summed E-state index contributed by atoms with van der Waals surface area (Å²) in [4.78, 5) is 11.1. The molecular formula is C12H17BrO2. The molecular weight excluding hydrogens is 256 g/mol. The van der Waals surface area contributed by atoms with E-state index < -0.39 is 0 Å². The second-order valence-electron chi connectivity index (χ2n) is 3.12. The highest BCUT2D eigenvalue weighted by atomic mass is 79.9. The van der Waals surface area contributed by atoms with Crippen molar-refractivity contribution in [3.8, 4) is 0 Å². The first-order valence-corrected chi connectivity index (χ1v) is 5.68. The third-order valence-electron chi connectivity index (χ3n) is 1.74. The Labute approximate surface area is 99.8 Å². The minimum Gasteiger partial charge on any atom is -0.463 e. The second kappa shape index (κ2) is 8.48. The average Bonchev–Trinajstić information content (AvgIpc) is 2.14. The molecule has 1 atom stereocenters. The highest BCUT2D eigenvalue weighted by molar-refractivity contribution is 9.11. The summed E-state index contributed by atoms with van der Waals surface area (Å²) in [5, 5.41) is 0. The van der Waals surface area contributed by atoms with E-state index in [1.165, 1.54) is 6.08 Å². The third-order valence-corrected chi connectivity index (χ3v) is 2.07. The maximum Gasteiger partial charge on any atom is 0.330 e. The number of carbonyl (C=O) groups excluding carboxylic acids is 1. The van der Waals surface area contributed by atoms with Crippen LogP contribution >= 0.6 is 15.9 Å². The van der Waals surface area contributed by atoms with Crippen LogP contribution in [0.5, 0.6) is 0 Å². The van der Waals surface area contributed by atoms with E-state index in [-0.39, 0.29) is 11.9 Å². The minimum atomic E-state index is -0.299. The summed E-state index contributed by atoms with van der Waals surface area (Å²) in [7, 11) is 0. The van der Waals surface area contributed by atoms with Gasteiger partial charge in [0.05, 0.1) is 6.61 Å². The van der Waals surface area contributed by atoms with Crippen molar-refractivity contribution in [2.45, 2.75) is 19.8 Å². The zero-order valence-electron chi connectivity index (χ0n) is 9.04. The van der Waals surface area contributed by atoms with Crippen LogP contribution in [-0.4, -0.2) is 12.6 Å². The molecule has 0 heterocycles. The standard InChI is InChI=1S/C12H17BrO2/c1-4-6-11(9-10(3)13)7-8-12(14)15-5-2/h4,7-8,11H,1,3,5-6,9H2,2H3/b8-7+. The highest BCUT2D eigenvalue weighted by Crippen LogP contribution is 2.19. The first-order valence-electron chi connectivity index (χ1n) is 4.89. The van der Waals surface area contributed by atoms with Gasteiger partial charge >= 0.3 is 5.97 Å². The first-order chi connectivity index (χ1) is 7.10. The smallest absolute Gasteiger partial charge is 0.330 e. The summed E-state index contributed by atoms with van der Waals surface area (Å²) >= 11 is 3.30. The molecule has 0 aliphatic carbocycles. The zero-order valence-corrected chi connectivity index (χ0v) is 10.6. The number of hydrogen-bond acceptors (Lipinski definition) is 2. The summed E-state index contributed by atoms with van der Waals surface area (Å²) in [5.74, 6) is -0.0504. The Morgan fingerprint density at radius 2 is 2.27 bits per heavy atom. The largest absolute Gasteiger partial charge is 0.463 e. The second-order valence-corrected chi connectivity index (χ2v) is 4.24. The molecule has 15 heavy (non-hydrogen) atoms. The predicted octanol–water partition coefficient (Wildman–Crippen LogP) is 3.60. The van der Waals surface area contributed by atoms with Crippen LogP contribution in [0, 0.1) is 5.92 Å². The van der Waals surface area contributed by atoms with Gasteiger partial charge in [0.15, 0.2) is 0 Å². The molecule has 0 aromatic heterocycles. The van der Waals surface area contributed by atoms with Crippen LogP contribution in [0.4, 0.5) is 0 Å². The third kappa shape index (κ3) is 8.18. The lowest BCUT2D eigenvalue weighted by Gasteiger charge is -2.08. The molecule has 0 fully saturated rings. The van der Waals surface area contributed by atoms with Crippen LogP contribution in [-0.2, 0) is 9.53 Å². The monoisotopic (exact) mass is 272 g/mol. The Kier molecular flexibility index (Phi) is 8.01. The molecule has 0 rings (SSSR count). The minimum absolute atomic E-state index is 0.249. The summed E-state index contributed by atoms with van der Waals surface area (Å²) in [6, 6.07) is 0. The van der Waals surface area contributed by atoms with Gasteiger partial charge in [-0.25, -0.2) is 4.79 Å². The number of rotatable bonds is 7. The Morgan fingerprint density at radius 1 is 1.60 bits per heavy atom. The maximum atomic E-state index is 11.1. The van der Waals surface area contributed by atoms with Crippen molar-refractivity contribution >= 4 is 21.9 Å².